The molecule has 0 unspecified atom stereocenters. The van der Waals surface area contributed by atoms with Gasteiger partial charge in [0.05, 0.1) is 18.1 Å². The number of hydrogen-bond donors (Lipinski definition) is 1. The Labute approximate surface area is 180 Å². The normalized spacial score (nSPS) is 10.2. The molecular formula is C25H22FN3O2. The predicted octanol–water partition coefficient (Wildman–Crippen LogP) is 4.43. The van der Waals surface area contributed by atoms with Gasteiger partial charge in [0.1, 0.15) is 5.82 Å². The lowest BCUT2D eigenvalue weighted by Crippen LogP contribution is -2.31. The van der Waals surface area contributed by atoms with Gasteiger partial charge >= 0.3 is 0 Å². The highest BCUT2D eigenvalue weighted by molar-refractivity contribution is 5.88. The fraction of sp³-hybridized carbons (Fsp3) is 0.160. The molecule has 6 heteroatoms. The molecule has 0 saturated heterocycles. The maximum Gasteiger partial charge on any atom is 0.227 e. The predicted molar refractivity (Wildman–Crippen MR) is 116 cm³/mol. The van der Waals surface area contributed by atoms with E-state index in [2.05, 4.69) is 11.4 Å². The van der Waals surface area contributed by atoms with Gasteiger partial charge in [-0.2, -0.15) is 5.26 Å². The lowest BCUT2D eigenvalue weighted by molar-refractivity contribution is -0.131. The Bertz CT molecular complexity index is 1100. The monoisotopic (exact) mass is 415 g/mol. The van der Waals surface area contributed by atoms with Gasteiger partial charge < -0.3 is 10.2 Å². The third-order valence-electron chi connectivity index (χ3n) is 4.70. The van der Waals surface area contributed by atoms with Gasteiger partial charge in [0.2, 0.25) is 11.8 Å². The van der Waals surface area contributed by atoms with Gasteiger partial charge in [0.25, 0.3) is 0 Å². The third-order valence-corrected chi connectivity index (χ3v) is 4.70. The zero-order chi connectivity index (χ0) is 22.2. The van der Waals surface area contributed by atoms with E-state index in [0.717, 1.165) is 11.1 Å². The van der Waals surface area contributed by atoms with E-state index >= 15 is 0 Å². The Morgan fingerprint density at radius 1 is 0.935 bits per heavy atom. The number of nitrogens with zero attached hydrogens (tertiary/aromatic N) is 2. The maximum absolute atomic E-state index is 13.6. The molecule has 0 aliphatic carbocycles. The Kier molecular flexibility index (Phi) is 7.13. The molecule has 3 rings (SSSR count). The van der Waals surface area contributed by atoms with Crippen molar-refractivity contribution in [1.29, 1.82) is 5.26 Å². The first-order valence-electron chi connectivity index (χ1n) is 9.81. The van der Waals surface area contributed by atoms with E-state index in [1.165, 1.54) is 19.1 Å². The second-order valence-electron chi connectivity index (χ2n) is 7.24. The summed E-state index contributed by atoms with van der Waals surface area (Å²) in [5.74, 6) is -0.620. The molecule has 0 aliphatic rings. The number of anilines is 1. The summed E-state index contributed by atoms with van der Waals surface area (Å²) in [6, 6.07) is 22.4. The number of nitrogens with one attached hydrogen (secondary N) is 1. The number of amides is 2. The van der Waals surface area contributed by atoms with Crippen molar-refractivity contribution in [3.8, 4) is 6.07 Å². The van der Waals surface area contributed by atoms with Crippen molar-refractivity contribution in [2.45, 2.75) is 26.4 Å². The van der Waals surface area contributed by atoms with E-state index in [-0.39, 0.29) is 30.6 Å². The van der Waals surface area contributed by atoms with Crippen LogP contribution in [0.3, 0.4) is 0 Å². The molecule has 31 heavy (non-hydrogen) atoms. The fourth-order valence-corrected chi connectivity index (χ4v) is 3.19. The Hall–Kier alpha value is -3.98. The summed E-state index contributed by atoms with van der Waals surface area (Å²) in [6.45, 7) is 2.04. The molecule has 2 amide bonds. The Morgan fingerprint density at radius 3 is 2.19 bits per heavy atom. The van der Waals surface area contributed by atoms with Crippen LogP contribution in [-0.4, -0.2) is 16.7 Å². The van der Waals surface area contributed by atoms with Crippen LogP contribution in [-0.2, 0) is 29.1 Å². The van der Waals surface area contributed by atoms with Gasteiger partial charge in [-0.15, -0.1) is 0 Å². The van der Waals surface area contributed by atoms with Crippen LogP contribution in [0.5, 0.6) is 0 Å². The summed E-state index contributed by atoms with van der Waals surface area (Å²) < 4.78 is 13.6. The first-order chi connectivity index (χ1) is 14.9. The molecule has 0 bridgehead atoms. The zero-order valence-corrected chi connectivity index (χ0v) is 17.1. The van der Waals surface area contributed by atoms with Crippen molar-refractivity contribution in [2.75, 3.05) is 5.32 Å². The standard InChI is InChI=1S/C25H22FN3O2/c1-18(30)28-24-11-9-19(10-12-24)14-25(31)29(17-22-3-2-4-23(26)13-22)16-21-7-5-20(15-27)6-8-21/h2-13H,14,16-17H2,1H3,(H,28,30). The summed E-state index contributed by atoms with van der Waals surface area (Å²) >= 11 is 0. The highest BCUT2D eigenvalue weighted by Gasteiger charge is 2.16. The number of hydrogen-bond acceptors (Lipinski definition) is 3. The van der Waals surface area contributed by atoms with Crippen LogP contribution in [0.15, 0.2) is 72.8 Å². The molecule has 0 radical (unpaired) electrons. The van der Waals surface area contributed by atoms with Crippen LogP contribution in [0.4, 0.5) is 10.1 Å². The highest BCUT2D eigenvalue weighted by Crippen LogP contribution is 2.16. The second-order valence-corrected chi connectivity index (χ2v) is 7.24. The van der Waals surface area contributed by atoms with E-state index in [1.807, 2.05) is 12.1 Å². The first-order valence-corrected chi connectivity index (χ1v) is 9.81. The third kappa shape index (κ3) is 6.51. The van der Waals surface area contributed by atoms with Crippen LogP contribution in [0.2, 0.25) is 0 Å². The fourth-order valence-electron chi connectivity index (χ4n) is 3.19. The molecule has 0 saturated carbocycles. The summed E-state index contributed by atoms with van der Waals surface area (Å²) in [5.41, 5.74) is 3.60. The van der Waals surface area contributed by atoms with Crippen molar-refractivity contribution >= 4 is 17.5 Å². The number of carbonyl (C=O) groups excluding carboxylic acids is 2. The molecule has 3 aromatic carbocycles. The molecule has 3 aromatic rings. The van der Waals surface area contributed by atoms with E-state index in [4.69, 9.17) is 5.26 Å². The van der Waals surface area contributed by atoms with Gasteiger partial charge in [0, 0.05) is 25.7 Å². The number of nitriles is 1. The molecule has 0 heterocycles. The highest BCUT2D eigenvalue weighted by atomic mass is 19.1. The Morgan fingerprint density at radius 2 is 1.58 bits per heavy atom. The van der Waals surface area contributed by atoms with E-state index in [1.54, 1.807) is 53.4 Å². The van der Waals surface area contributed by atoms with Crippen LogP contribution < -0.4 is 5.32 Å². The SMILES string of the molecule is CC(=O)Nc1ccc(CC(=O)N(Cc2ccc(C#N)cc2)Cc2cccc(F)c2)cc1. The van der Waals surface area contributed by atoms with Gasteiger partial charge in [-0.05, 0) is 53.1 Å². The van der Waals surface area contributed by atoms with E-state index < -0.39 is 0 Å². The maximum atomic E-state index is 13.6. The molecular weight excluding hydrogens is 393 g/mol. The average Bonchev–Trinajstić information content (AvgIpc) is 2.75. The molecule has 156 valence electrons. The number of benzene rings is 3. The van der Waals surface area contributed by atoms with Crippen LogP contribution in [0.25, 0.3) is 0 Å². The molecule has 1 N–H and O–H groups in total. The van der Waals surface area contributed by atoms with Crippen LogP contribution in [0, 0.1) is 17.1 Å². The van der Waals surface area contributed by atoms with Crippen molar-refractivity contribution < 1.29 is 14.0 Å². The zero-order valence-electron chi connectivity index (χ0n) is 17.1. The van der Waals surface area contributed by atoms with Crippen LogP contribution >= 0.6 is 0 Å². The summed E-state index contributed by atoms with van der Waals surface area (Å²) in [7, 11) is 0. The summed E-state index contributed by atoms with van der Waals surface area (Å²) in [5, 5.41) is 11.7. The average molecular weight is 415 g/mol. The quantitative estimate of drug-likeness (QED) is 0.621. The molecule has 5 nitrogen and oxygen atoms in total. The van der Waals surface area contributed by atoms with Gasteiger partial charge in [-0.3, -0.25) is 9.59 Å². The first kappa shape index (κ1) is 21.7. The lowest BCUT2D eigenvalue weighted by atomic mass is 10.1. The second kappa shape index (κ2) is 10.2. The molecule has 0 fully saturated rings. The number of carbonyl (C=O) groups is 2. The van der Waals surface area contributed by atoms with Gasteiger partial charge in [0.15, 0.2) is 0 Å². The molecule has 0 atom stereocenters. The Balaban J connectivity index is 1.77. The number of halogens is 1. The minimum Gasteiger partial charge on any atom is -0.334 e. The minimum absolute atomic E-state index is 0.110. The van der Waals surface area contributed by atoms with Gasteiger partial charge in [-0.25, -0.2) is 4.39 Å². The van der Waals surface area contributed by atoms with Crippen LogP contribution in [0.1, 0.15) is 29.2 Å². The molecule has 0 spiro atoms. The molecule has 0 aliphatic heterocycles. The van der Waals surface area contributed by atoms with Crippen molar-refractivity contribution in [2.24, 2.45) is 0 Å². The van der Waals surface area contributed by atoms with Crippen molar-refractivity contribution in [3.05, 3.63) is 101 Å². The summed E-state index contributed by atoms with van der Waals surface area (Å²) in [6.07, 6.45) is 0.173. The van der Waals surface area contributed by atoms with E-state index in [9.17, 15) is 14.0 Å². The summed E-state index contributed by atoms with van der Waals surface area (Å²) in [4.78, 5) is 25.9. The van der Waals surface area contributed by atoms with E-state index in [0.29, 0.717) is 23.4 Å². The topological polar surface area (TPSA) is 73.2 Å². The smallest absolute Gasteiger partial charge is 0.227 e. The van der Waals surface area contributed by atoms with Crippen molar-refractivity contribution in [3.63, 3.8) is 0 Å². The number of rotatable bonds is 7. The van der Waals surface area contributed by atoms with Crippen molar-refractivity contribution in [1.82, 2.24) is 4.90 Å². The largest absolute Gasteiger partial charge is 0.334 e. The lowest BCUT2D eigenvalue weighted by Gasteiger charge is -2.23. The van der Waals surface area contributed by atoms with Gasteiger partial charge in [-0.1, -0.05) is 36.4 Å². The molecule has 0 aromatic heterocycles. The minimum atomic E-state index is -0.350.